The maximum absolute atomic E-state index is 7.23. The largest absolute Gasteiger partial charge is 0.455 e. The van der Waals surface area contributed by atoms with Crippen LogP contribution in [0.5, 0.6) is 11.5 Å². The molecule has 0 amide bonds. The van der Waals surface area contributed by atoms with E-state index in [9.17, 15) is 0 Å². The van der Waals surface area contributed by atoms with Crippen molar-refractivity contribution in [2.75, 3.05) is 4.90 Å². The topological polar surface area (TPSA) is 12.5 Å². The van der Waals surface area contributed by atoms with Gasteiger partial charge in [0.1, 0.15) is 11.5 Å². The Morgan fingerprint density at radius 1 is 0.366 bits per heavy atom. The second kappa shape index (κ2) is 16.6. The van der Waals surface area contributed by atoms with Gasteiger partial charge in [-0.15, -0.1) is 0 Å². The van der Waals surface area contributed by atoms with Gasteiger partial charge in [-0.05, 0) is 127 Å². The number of hydrogen-bond acceptors (Lipinski definition) is 2. The standard InChI is InChI=1S/C69H47NO/c1-4-18-46(19-5-1)53-42-54(47-20-6-2-7-21-47)44-56(43-53)70(66-31-17-15-26-57(66)49-22-8-3-9-23-49)55-37-32-48(33-38-55)52-36-39-63-61(45-52)60-29-14-16-30-62(60)69(63)64-40-34-50-24-10-12-27-58(50)67(64)71-68-59-28-13-11-25-51(59)35-41-65(68)69/h1-10,12-24,26-45H,11,25H2. The van der Waals surface area contributed by atoms with Crippen LogP contribution in [-0.4, -0.2) is 0 Å². The van der Waals surface area contributed by atoms with Gasteiger partial charge >= 0.3 is 0 Å². The molecular weight excluding hydrogens is 859 g/mol. The summed E-state index contributed by atoms with van der Waals surface area (Å²) in [5, 5.41) is 2.32. The average Bonchev–Trinajstić information content (AvgIpc) is 3.73. The number of nitrogens with zero attached hydrogens (tertiary/aromatic N) is 1. The van der Waals surface area contributed by atoms with Crippen LogP contribution in [-0.2, 0) is 11.8 Å². The molecule has 0 N–H and O–H groups in total. The minimum Gasteiger partial charge on any atom is -0.455 e. The molecule has 1 unspecified atom stereocenters. The first-order valence-corrected chi connectivity index (χ1v) is 24.8. The Balaban J connectivity index is 0.938. The van der Waals surface area contributed by atoms with Crippen LogP contribution in [0.3, 0.4) is 0 Å². The molecule has 2 aliphatic carbocycles. The van der Waals surface area contributed by atoms with Gasteiger partial charge in [0.25, 0.3) is 0 Å². The van der Waals surface area contributed by atoms with E-state index in [2.05, 4.69) is 266 Å². The van der Waals surface area contributed by atoms with Crippen molar-refractivity contribution < 1.29 is 4.74 Å². The lowest BCUT2D eigenvalue weighted by Gasteiger charge is -2.41. The van der Waals surface area contributed by atoms with Crippen LogP contribution >= 0.6 is 0 Å². The number of hydrogen-bond donors (Lipinski definition) is 0. The molecule has 2 heteroatoms. The van der Waals surface area contributed by atoms with Crippen molar-refractivity contribution in [3.63, 3.8) is 0 Å². The van der Waals surface area contributed by atoms with Gasteiger partial charge in [-0.25, -0.2) is 0 Å². The lowest BCUT2D eigenvalue weighted by molar-refractivity contribution is 0.439. The third kappa shape index (κ3) is 6.56. The lowest BCUT2D eigenvalue weighted by Crippen LogP contribution is -2.32. The molecule has 0 saturated carbocycles. The number of anilines is 3. The van der Waals surface area contributed by atoms with E-state index in [1.807, 2.05) is 0 Å². The molecule has 11 aromatic rings. The number of allylic oxidation sites excluding steroid dienone is 1. The van der Waals surface area contributed by atoms with E-state index >= 15 is 0 Å². The molecule has 0 saturated heterocycles. The van der Waals surface area contributed by atoms with Crippen molar-refractivity contribution in [1.82, 2.24) is 0 Å². The third-order valence-corrected chi connectivity index (χ3v) is 15.2. The van der Waals surface area contributed by atoms with Crippen LogP contribution in [0.1, 0.15) is 39.8 Å². The molecule has 0 fully saturated rings. The van der Waals surface area contributed by atoms with Gasteiger partial charge in [-0.2, -0.15) is 0 Å². The number of aryl methyl sites for hydroxylation is 1. The number of benzene rings is 11. The fraction of sp³-hybridized carbons (Fsp3) is 0.0435. The van der Waals surface area contributed by atoms with Crippen molar-refractivity contribution in [2.45, 2.75) is 18.3 Å². The molecule has 0 aromatic heterocycles. The minimum absolute atomic E-state index is 0.568. The highest BCUT2D eigenvalue weighted by molar-refractivity contribution is 5.98. The molecular formula is C69H47NO. The molecule has 3 aliphatic rings. The van der Waals surface area contributed by atoms with Crippen LogP contribution in [0.15, 0.2) is 255 Å². The first-order chi connectivity index (χ1) is 35.2. The molecule has 1 spiro atoms. The average molecular weight is 906 g/mol. The fourth-order valence-electron chi connectivity index (χ4n) is 11.9. The van der Waals surface area contributed by atoms with E-state index in [1.165, 1.54) is 72.1 Å². The molecule has 2 nitrogen and oxygen atoms in total. The van der Waals surface area contributed by atoms with Crippen LogP contribution in [0.25, 0.3) is 72.5 Å². The Hall–Kier alpha value is -8.98. The molecule has 14 rings (SSSR count). The quantitative estimate of drug-likeness (QED) is 0.158. The van der Waals surface area contributed by atoms with Crippen molar-refractivity contribution in [3.05, 3.63) is 288 Å². The second-order valence-corrected chi connectivity index (χ2v) is 19.0. The van der Waals surface area contributed by atoms with Gasteiger partial charge in [0.15, 0.2) is 0 Å². The second-order valence-electron chi connectivity index (χ2n) is 19.0. The first kappa shape index (κ1) is 41.0. The van der Waals surface area contributed by atoms with E-state index in [0.717, 1.165) is 69.0 Å². The summed E-state index contributed by atoms with van der Waals surface area (Å²) >= 11 is 0. The van der Waals surface area contributed by atoms with Crippen LogP contribution in [0.2, 0.25) is 0 Å². The molecule has 0 bridgehead atoms. The van der Waals surface area contributed by atoms with Crippen LogP contribution in [0, 0.1) is 0 Å². The van der Waals surface area contributed by atoms with Gasteiger partial charge in [0.05, 0.1) is 11.1 Å². The van der Waals surface area contributed by atoms with Crippen molar-refractivity contribution in [1.29, 1.82) is 0 Å². The van der Waals surface area contributed by atoms with Gasteiger partial charge < -0.3 is 9.64 Å². The van der Waals surface area contributed by atoms with E-state index < -0.39 is 5.41 Å². The molecule has 0 radical (unpaired) electrons. The summed E-state index contributed by atoms with van der Waals surface area (Å²) in [7, 11) is 0. The summed E-state index contributed by atoms with van der Waals surface area (Å²) in [5.74, 6) is 1.93. The summed E-state index contributed by atoms with van der Waals surface area (Å²) in [4.78, 5) is 2.44. The van der Waals surface area contributed by atoms with E-state index in [1.54, 1.807) is 0 Å². The SMILES string of the molecule is C1=Cc2c(ccc3c2Oc2c(ccc4ccccc24)C32c3ccccc3-c3cc(-c4ccc(N(c5cc(-c6ccccc6)cc(-c6ccccc6)c5)c5ccccc5-c5ccccc5)cc4)ccc32)CC1. The summed E-state index contributed by atoms with van der Waals surface area (Å²) in [6.45, 7) is 0. The third-order valence-electron chi connectivity index (χ3n) is 15.2. The molecule has 334 valence electrons. The van der Waals surface area contributed by atoms with Gasteiger partial charge in [0.2, 0.25) is 0 Å². The highest BCUT2D eigenvalue weighted by atomic mass is 16.5. The van der Waals surface area contributed by atoms with E-state index in [-0.39, 0.29) is 0 Å². The predicted octanol–water partition coefficient (Wildman–Crippen LogP) is 18.4. The number of para-hydroxylation sites is 1. The minimum atomic E-state index is -0.568. The molecule has 1 atom stereocenters. The number of rotatable bonds is 7. The fourth-order valence-corrected chi connectivity index (χ4v) is 11.9. The summed E-state index contributed by atoms with van der Waals surface area (Å²) in [6.07, 6.45) is 6.65. The van der Waals surface area contributed by atoms with Crippen LogP contribution in [0.4, 0.5) is 17.1 Å². The Labute approximate surface area is 415 Å². The van der Waals surface area contributed by atoms with Crippen molar-refractivity contribution in [2.24, 2.45) is 0 Å². The monoisotopic (exact) mass is 905 g/mol. The number of ether oxygens (including phenoxy) is 1. The van der Waals surface area contributed by atoms with Crippen molar-refractivity contribution in [3.8, 4) is 67.1 Å². The summed E-state index contributed by atoms with van der Waals surface area (Å²) in [5.41, 5.74) is 22.1. The predicted molar refractivity (Wildman–Crippen MR) is 295 cm³/mol. The van der Waals surface area contributed by atoms with Gasteiger partial charge in [-0.3, -0.25) is 0 Å². The Morgan fingerprint density at radius 2 is 0.944 bits per heavy atom. The van der Waals surface area contributed by atoms with E-state index in [0.29, 0.717) is 0 Å². The van der Waals surface area contributed by atoms with E-state index in [4.69, 9.17) is 4.74 Å². The Bertz CT molecular complexity index is 3830. The van der Waals surface area contributed by atoms with Crippen LogP contribution < -0.4 is 9.64 Å². The zero-order chi connectivity index (χ0) is 46.9. The molecule has 1 aliphatic heterocycles. The lowest BCUT2D eigenvalue weighted by atomic mass is 9.65. The van der Waals surface area contributed by atoms with Gasteiger partial charge in [0, 0.05) is 39.0 Å². The summed E-state index contributed by atoms with van der Waals surface area (Å²) in [6, 6.07) is 91.4. The van der Waals surface area contributed by atoms with Crippen molar-refractivity contribution >= 4 is 33.9 Å². The highest BCUT2D eigenvalue weighted by Gasteiger charge is 2.52. The number of fused-ring (bicyclic) bond motifs is 13. The Morgan fingerprint density at radius 3 is 1.70 bits per heavy atom. The maximum Gasteiger partial charge on any atom is 0.140 e. The Kier molecular flexibility index (Phi) is 9.60. The maximum atomic E-state index is 7.23. The molecule has 1 heterocycles. The summed E-state index contributed by atoms with van der Waals surface area (Å²) < 4.78 is 7.23. The zero-order valence-corrected chi connectivity index (χ0v) is 39.1. The zero-order valence-electron chi connectivity index (χ0n) is 39.1. The first-order valence-electron chi connectivity index (χ1n) is 24.8. The highest BCUT2D eigenvalue weighted by Crippen LogP contribution is 2.64. The molecule has 71 heavy (non-hydrogen) atoms. The molecule has 11 aromatic carbocycles. The normalized spacial score (nSPS) is 14.8. The van der Waals surface area contributed by atoms with Gasteiger partial charge in [-0.1, -0.05) is 218 Å². The smallest absolute Gasteiger partial charge is 0.140 e.